The summed E-state index contributed by atoms with van der Waals surface area (Å²) < 4.78 is 26.7. The summed E-state index contributed by atoms with van der Waals surface area (Å²) in [4.78, 5) is 2.38. The number of nitrogens with two attached hydrogens (primary N) is 1. The van der Waals surface area contributed by atoms with Crippen LogP contribution in [0.15, 0.2) is 29.2 Å². The van der Waals surface area contributed by atoms with E-state index in [-0.39, 0.29) is 9.88 Å². The molecule has 3 N–H and O–H groups in total. The van der Waals surface area contributed by atoms with Crippen LogP contribution in [0.5, 0.6) is 0 Å². The summed E-state index contributed by atoms with van der Waals surface area (Å²) in [5.41, 5.74) is 6.04. The highest BCUT2D eigenvalue weighted by atomic mass is 32.2. The number of sulfonamides is 1. The monoisotopic (exact) mass is 301 g/mol. The summed E-state index contributed by atoms with van der Waals surface area (Å²) in [6, 6.07) is 6.31. The lowest BCUT2D eigenvalue weighted by Gasteiger charge is -2.14. The molecular weight excluding hydrogens is 282 g/mol. The normalized spacial score (nSPS) is 11.7. The van der Waals surface area contributed by atoms with Crippen LogP contribution in [0.3, 0.4) is 0 Å². The Hall–Kier alpha value is -1.02. The average Bonchev–Trinajstić information content (AvgIpc) is 2.38. The Kier molecular flexibility index (Phi) is 5.86. The van der Waals surface area contributed by atoms with Crippen LogP contribution in [0.25, 0.3) is 0 Å². The van der Waals surface area contributed by atoms with Crippen molar-refractivity contribution in [1.29, 1.82) is 0 Å². The van der Waals surface area contributed by atoms with Crippen molar-refractivity contribution in [3.63, 3.8) is 0 Å². The van der Waals surface area contributed by atoms with Gasteiger partial charge in [-0.15, -0.1) is 0 Å². The van der Waals surface area contributed by atoms with Crippen molar-refractivity contribution in [2.24, 2.45) is 5.73 Å². The zero-order chi connectivity index (χ0) is 14.5. The minimum Gasteiger partial charge on any atom is -0.389 e. The largest absolute Gasteiger partial charge is 0.389 e. The van der Waals surface area contributed by atoms with Crippen molar-refractivity contribution in [3.05, 3.63) is 29.8 Å². The predicted octanol–water partition coefficient (Wildman–Crippen LogP) is 0.551. The van der Waals surface area contributed by atoms with E-state index in [1.807, 2.05) is 18.9 Å². The van der Waals surface area contributed by atoms with Crippen LogP contribution in [0.2, 0.25) is 0 Å². The second kappa shape index (κ2) is 6.95. The lowest BCUT2D eigenvalue weighted by molar-refractivity contribution is 0.358. The Morgan fingerprint density at radius 2 is 2.16 bits per heavy atom. The van der Waals surface area contributed by atoms with E-state index in [0.29, 0.717) is 18.7 Å². The minimum absolute atomic E-state index is 0.178. The highest BCUT2D eigenvalue weighted by molar-refractivity contribution is 7.89. The average molecular weight is 301 g/mol. The number of likely N-dealkylation sites (N-methyl/N-ethyl adjacent to an activating group) is 1. The van der Waals surface area contributed by atoms with Gasteiger partial charge < -0.3 is 10.6 Å². The van der Waals surface area contributed by atoms with Gasteiger partial charge >= 0.3 is 0 Å². The Labute approximate surface area is 119 Å². The van der Waals surface area contributed by atoms with Crippen LogP contribution < -0.4 is 10.5 Å². The zero-order valence-corrected chi connectivity index (χ0v) is 12.7. The van der Waals surface area contributed by atoms with Crippen molar-refractivity contribution in [1.82, 2.24) is 9.62 Å². The van der Waals surface area contributed by atoms with Crippen LogP contribution in [-0.2, 0) is 10.0 Å². The molecule has 0 atom stereocenters. The topological polar surface area (TPSA) is 75.4 Å². The number of rotatable bonds is 7. The van der Waals surface area contributed by atoms with Gasteiger partial charge in [-0.1, -0.05) is 31.3 Å². The second-order valence-corrected chi connectivity index (χ2v) is 6.39. The molecule has 0 aliphatic rings. The van der Waals surface area contributed by atoms with Gasteiger partial charge in [-0.3, -0.25) is 0 Å². The zero-order valence-electron chi connectivity index (χ0n) is 11.1. The third-order valence-electron chi connectivity index (χ3n) is 2.75. The van der Waals surface area contributed by atoms with Gasteiger partial charge in [-0.05, 0) is 25.7 Å². The maximum absolute atomic E-state index is 12.1. The molecule has 1 rings (SSSR count). The van der Waals surface area contributed by atoms with Gasteiger partial charge in [0.1, 0.15) is 4.99 Å². The van der Waals surface area contributed by atoms with E-state index >= 15 is 0 Å². The van der Waals surface area contributed by atoms with E-state index in [9.17, 15) is 8.42 Å². The van der Waals surface area contributed by atoms with Gasteiger partial charge in [-0.25, -0.2) is 13.1 Å². The summed E-state index contributed by atoms with van der Waals surface area (Å²) in [5.74, 6) is 0. The summed E-state index contributed by atoms with van der Waals surface area (Å²) in [6.07, 6.45) is 0. The lowest BCUT2D eigenvalue weighted by Crippen LogP contribution is -2.33. The van der Waals surface area contributed by atoms with Crippen molar-refractivity contribution in [2.45, 2.75) is 11.8 Å². The molecule has 0 fully saturated rings. The molecule has 7 heteroatoms. The van der Waals surface area contributed by atoms with Crippen molar-refractivity contribution in [3.8, 4) is 0 Å². The quantitative estimate of drug-likeness (QED) is 0.719. The van der Waals surface area contributed by atoms with E-state index in [1.165, 1.54) is 12.1 Å². The van der Waals surface area contributed by atoms with Crippen molar-refractivity contribution in [2.75, 3.05) is 26.7 Å². The first-order valence-corrected chi connectivity index (χ1v) is 7.84. The molecule has 5 nitrogen and oxygen atoms in total. The van der Waals surface area contributed by atoms with E-state index < -0.39 is 10.0 Å². The van der Waals surface area contributed by atoms with Gasteiger partial charge in [0.15, 0.2) is 0 Å². The van der Waals surface area contributed by atoms with E-state index in [4.69, 9.17) is 18.0 Å². The van der Waals surface area contributed by atoms with E-state index in [0.717, 1.165) is 6.54 Å². The molecule has 0 aliphatic heterocycles. The number of nitrogens with zero attached hydrogens (tertiary/aromatic N) is 1. The van der Waals surface area contributed by atoms with Crippen molar-refractivity contribution < 1.29 is 8.42 Å². The van der Waals surface area contributed by atoms with Gasteiger partial charge in [0, 0.05) is 18.7 Å². The summed E-state index contributed by atoms with van der Waals surface area (Å²) in [7, 11) is -1.58. The Morgan fingerprint density at radius 1 is 1.47 bits per heavy atom. The molecule has 1 aromatic carbocycles. The maximum Gasteiger partial charge on any atom is 0.240 e. The fourth-order valence-electron chi connectivity index (χ4n) is 1.43. The smallest absolute Gasteiger partial charge is 0.240 e. The molecule has 19 heavy (non-hydrogen) atoms. The number of hydrogen-bond donors (Lipinski definition) is 2. The van der Waals surface area contributed by atoms with Gasteiger partial charge in [0.2, 0.25) is 10.0 Å². The first kappa shape index (κ1) is 16.0. The number of benzene rings is 1. The Balaban J connectivity index is 2.77. The van der Waals surface area contributed by atoms with Gasteiger partial charge in [0.05, 0.1) is 4.90 Å². The molecule has 0 amide bonds. The number of hydrogen-bond acceptors (Lipinski definition) is 4. The number of nitrogens with one attached hydrogen (secondary N) is 1. The molecule has 0 aliphatic carbocycles. The molecule has 0 radical (unpaired) electrons. The highest BCUT2D eigenvalue weighted by Gasteiger charge is 2.14. The van der Waals surface area contributed by atoms with Crippen LogP contribution in [0.4, 0.5) is 0 Å². The molecule has 106 valence electrons. The van der Waals surface area contributed by atoms with Crippen LogP contribution in [0, 0.1) is 0 Å². The summed E-state index contributed by atoms with van der Waals surface area (Å²) >= 11 is 4.84. The highest BCUT2D eigenvalue weighted by Crippen LogP contribution is 2.11. The number of thiocarbonyl (C=S) groups is 1. The van der Waals surface area contributed by atoms with Crippen LogP contribution in [-0.4, -0.2) is 45.0 Å². The third kappa shape index (κ3) is 4.87. The molecule has 0 saturated heterocycles. The molecule has 0 unspecified atom stereocenters. The Morgan fingerprint density at radius 3 is 2.74 bits per heavy atom. The van der Waals surface area contributed by atoms with E-state index in [1.54, 1.807) is 12.1 Å². The molecule has 0 heterocycles. The Bertz CT molecular complexity index is 544. The maximum atomic E-state index is 12.1. The molecule has 1 aromatic rings. The summed E-state index contributed by atoms with van der Waals surface area (Å²) in [6.45, 7) is 3.91. The molecule has 0 bridgehead atoms. The standard InChI is InChI=1S/C12H19N3O2S2/c1-3-15(2)8-7-14-19(16,17)11-6-4-5-10(9-11)12(13)18/h4-6,9,14H,3,7-8H2,1-2H3,(H2,13,18). The molecular formula is C12H19N3O2S2. The molecule has 0 spiro atoms. The third-order valence-corrected chi connectivity index (χ3v) is 4.45. The molecule has 0 saturated carbocycles. The van der Waals surface area contributed by atoms with E-state index in [2.05, 4.69) is 4.72 Å². The SMILES string of the molecule is CCN(C)CCNS(=O)(=O)c1cccc(C(N)=S)c1. The van der Waals surface area contributed by atoms with Gasteiger partial charge in [0.25, 0.3) is 0 Å². The lowest BCUT2D eigenvalue weighted by atomic mass is 10.2. The van der Waals surface area contributed by atoms with Crippen LogP contribution >= 0.6 is 12.2 Å². The second-order valence-electron chi connectivity index (χ2n) is 4.19. The van der Waals surface area contributed by atoms with Crippen LogP contribution in [0.1, 0.15) is 12.5 Å². The van der Waals surface area contributed by atoms with Crippen molar-refractivity contribution >= 4 is 27.2 Å². The molecule has 0 aromatic heterocycles. The fraction of sp³-hybridized carbons (Fsp3) is 0.417. The van der Waals surface area contributed by atoms with Gasteiger partial charge in [-0.2, -0.15) is 0 Å². The first-order valence-electron chi connectivity index (χ1n) is 5.95. The fourth-order valence-corrected chi connectivity index (χ4v) is 2.62. The predicted molar refractivity (Wildman–Crippen MR) is 80.7 cm³/mol. The summed E-state index contributed by atoms with van der Waals surface area (Å²) in [5, 5.41) is 0. The minimum atomic E-state index is -3.51. The first-order chi connectivity index (χ1) is 8.86.